The Bertz CT molecular complexity index is 1350. The summed E-state index contributed by atoms with van der Waals surface area (Å²) >= 11 is 0. The number of nitrogens with one attached hydrogen (secondary N) is 1. The molecule has 0 unspecified atom stereocenters. The number of sulfonamides is 1. The summed E-state index contributed by atoms with van der Waals surface area (Å²) in [5.74, 6) is -0.481. The van der Waals surface area contributed by atoms with Gasteiger partial charge in [-0.15, -0.1) is 0 Å². The van der Waals surface area contributed by atoms with Gasteiger partial charge in [0.05, 0.1) is 16.8 Å². The van der Waals surface area contributed by atoms with Crippen molar-refractivity contribution in [1.29, 1.82) is 0 Å². The topological polar surface area (TPSA) is 226 Å². The molecular formula is C14H19N7O8S3. The van der Waals surface area contributed by atoms with E-state index in [2.05, 4.69) is 20.3 Å². The lowest BCUT2D eigenvalue weighted by Crippen LogP contribution is -2.49. The van der Waals surface area contributed by atoms with Crippen molar-refractivity contribution in [2.75, 3.05) is 48.4 Å². The van der Waals surface area contributed by atoms with Crippen LogP contribution in [0.15, 0.2) is 28.0 Å². The maximum atomic E-state index is 11.7. The average Bonchev–Trinajstić information content (AvgIpc) is 2.65. The fourth-order valence-corrected chi connectivity index (χ4v) is 4.87. The van der Waals surface area contributed by atoms with Crippen molar-refractivity contribution in [2.24, 2.45) is 0 Å². The molecule has 0 aliphatic carbocycles. The van der Waals surface area contributed by atoms with E-state index in [0.717, 1.165) is 24.5 Å². The number of piperazine rings is 1. The van der Waals surface area contributed by atoms with E-state index < -0.39 is 45.7 Å². The zero-order chi connectivity index (χ0) is 23.9. The third-order valence-corrected chi connectivity index (χ3v) is 7.47. The number of aromatic nitrogens is 3. The minimum absolute atomic E-state index is 0.0625. The van der Waals surface area contributed by atoms with Crippen LogP contribution in [-0.2, 0) is 30.3 Å². The molecule has 32 heavy (non-hydrogen) atoms. The molecule has 15 nitrogen and oxygen atoms in total. The zero-order valence-electron chi connectivity index (χ0n) is 16.4. The zero-order valence-corrected chi connectivity index (χ0v) is 18.9. The number of hydrogen-bond acceptors (Lipinski definition) is 12. The molecule has 0 atom stereocenters. The summed E-state index contributed by atoms with van der Waals surface area (Å²) in [4.78, 5) is 12.2. The van der Waals surface area contributed by atoms with E-state index in [9.17, 15) is 34.4 Å². The Kier molecular flexibility index (Phi) is 6.28. The van der Waals surface area contributed by atoms with Gasteiger partial charge in [0.2, 0.25) is 27.9 Å². The van der Waals surface area contributed by atoms with Crippen LogP contribution in [0, 0.1) is 0 Å². The summed E-state index contributed by atoms with van der Waals surface area (Å²) in [5.41, 5.74) is 5.26. The summed E-state index contributed by atoms with van der Waals surface area (Å²) in [6.07, 6.45) is 1.10. The highest BCUT2D eigenvalue weighted by atomic mass is 32.2. The highest BCUT2D eigenvalue weighted by Gasteiger charge is 2.26. The van der Waals surface area contributed by atoms with Crippen LogP contribution in [0.2, 0.25) is 0 Å². The Labute approximate surface area is 183 Å². The Balaban J connectivity index is 1.95. The minimum atomic E-state index is -4.79. The molecule has 2 aromatic rings. The van der Waals surface area contributed by atoms with Crippen molar-refractivity contribution in [1.82, 2.24) is 19.3 Å². The van der Waals surface area contributed by atoms with Gasteiger partial charge in [0.25, 0.3) is 20.2 Å². The molecule has 1 aromatic heterocycles. The summed E-state index contributed by atoms with van der Waals surface area (Å²) in [7, 11) is -12.8. The lowest BCUT2D eigenvalue weighted by Gasteiger charge is -2.33. The second-order valence-corrected chi connectivity index (χ2v) is 11.5. The molecule has 3 rings (SSSR count). The quantitative estimate of drug-likeness (QED) is 0.334. The van der Waals surface area contributed by atoms with Gasteiger partial charge in [-0.1, -0.05) is 0 Å². The molecule has 0 amide bonds. The summed E-state index contributed by atoms with van der Waals surface area (Å²) in [6.45, 7) is 0.835. The monoisotopic (exact) mass is 509 g/mol. The van der Waals surface area contributed by atoms with Crippen LogP contribution in [0.5, 0.6) is 0 Å². The minimum Gasteiger partial charge on any atom is -0.368 e. The van der Waals surface area contributed by atoms with Gasteiger partial charge in [-0.2, -0.15) is 36.1 Å². The van der Waals surface area contributed by atoms with Crippen LogP contribution < -0.4 is 16.0 Å². The standard InChI is InChI=1S/C14H19N7O8S3/c1-30(22,23)21-6-4-20(5-7-21)14-18-12(15)17-13(19-14)16-10-8-9(31(24,25)26)2-3-11(10)32(27,28)29/h2-3,8H,4-7H2,1H3,(H,24,25,26)(H,27,28,29)(H3,15,16,17,18,19). The van der Waals surface area contributed by atoms with Crippen LogP contribution in [0.1, 0.15) is 0 Å². The normalized spacial score (nSPS) is 16.2. The molecule has 5 N–H and O–H groups in total. The Morgan fingerprint density at radius 2 is 1.56 bits per heavy atom. The largest absolute Gasteiger partial charge is 0.368 e. The van der Waals surface area contributed by atoms with Crippen LogP contribution in [0.3, 0.4) is 0 Å². The summed E-state index contributed by atoms with van der Waals surface area (Å²) in [5, 5.41) is 2.46. The van der Waals surface area contributed by atoms with E-state index in [-0.39, 0.29) is 44.0 Å². The molecule has 176 valence electrons. The Morgan fingerprint density at radius 1 is 0.938 bits per heavy atom. The summed E-state index contributed by atoms with van der Waals surface area (Å²) in [6, 6.07) is 2.33. The molecule has 2 heterocycles. The fraction of sp³-hybridized carbons (Fsp3) is 0.357. The van der Waals surface area contributed by atoms with Crippen LogP contribution in [0.4, 0.5) is 23.5 Å². The van der Waals surface area contributed by atoms with Gasteiger partial charge < -0.3 is 16.0 Å². The van der Waals surface area contributed by atoms with Gasteiger partial charge in [-0.05, 0) is 18.2 Å². The highest BCUT2D eigenvalue weighted by Crippen LogP contribution is 2.27. The maximum Gasteiger partial charge on any atom is 0.296 e. The molecule has 1 saturated heterocycles. The van der Waals surface area contributed by atoms with Crippen molar-refractivity contribution in [2.45, 2.75) is 9.79 Å². The van der Waals surface area contributed by atoms with Gasteiger partial charge in [0, 0.05) is 26.2 Å². The van der Waals surface area contributed by atoms with Crippen molar-refractivity contribution < 1.29 is 34.4 Å². The third-order valence-electron chi connectivity index (χ3n) is 4.40. The maximum absolute atomic E-state index is 11.7. The molecule has 1 fully saturated rings. The van der Waals surface area contributed by atoms with Crippen molar-refractivity contribution in [3.63, 3.8) is 0 Å². The molecule has 0 radical (unpaired) electrons. The number of nitrogens with two attached hydrogens (primary N) is 1. The molecule has 0 bridgehead atoms. The van der Waals surface area contributed by atoms with Gasteiger partial charge in [-0.3, -0.25) is 9.11 Å². The number of anilines is 4. The Hall–Kier alpha value is -2.64. The SMILES string of the molecule is CS(=O)(=O)N1CCN(c2nc(N)nc(Nc3cc(S(=O)(=O)O)ccc3S(=O)(=O)O)n2)CC1. The van der Waals surface area contributed by atoms with Crippen molar-refractivity contribution in [3.05, 3.63) is 18.2 Å². The van der Waals surface area contributed by atoms with Crippen molar-refractivity contribution in [3.8, 4) is 0 Å². The van der Waals surface area contributed by atoms with Gasteiger partial charge in [0.15, 0.2) is 0 Å². The van der Waals surface area contributed by atoms with E-state index in [0.29, 0.717) is 0 Å². The first-order valence-corrected chi connectivity index (χ1v) is 13.4. The second-order valence-electron chi connectivity index (χ2n) is 6.70. The Morgan fingerprint density at radius 3 is 2.09 bits per heavy atom. The smallest absolute Gasteiger partial charge is 0.296 e. The van der Waals surface area contributed by atoms with E-state index in [1.807, 2.05) is 0 Å². The van der Waals surface area contributed by atoms with Crippen LogP contribution >= 0.6 is 0 Å². The molecule has 1 aromatic carbocycles. The molecule has 1 aliphatic rings. The third kappa shape index (κ3) is 5.58. The predicted molar refractivity (Wildman–Crippen MR) is 112 cm³/mol. The number of nitrogen functional groups attached to an aromatic ring is 1. The van der Waals surface area contributed by atoms with Crippen molar-refractivity contribution >= 4 is 53.8 Å². The van der Waals surface area contributed by atoms with Crippen LogP contribution in [0.25, 0.3) is 0 Å². The highest BCUT2D eigenvalue weighted by molar-refractivity contribution is 7.88. The summed E-state index contributed by atoms with van der Waals surface area (Å²) < 4.78 is 89.4. The van der Waals surface area contributed by atoms with Gasteiger partial charge in [-0.25, -0.2) is 8.42 Å². The van der Waals surface area contributed by atoms with E-state index in [4.69, 9.17) is 5.73 Å². The number of rotatable bonds is 6. The molecule has 1 aliphatic heterocycles. The molecular weight excluding hydrogens is 490 g/mol. The first-order valence-electron chi connectivity index (χ1n) is 8.72. The van der Waals surface area contributed by atoms with Gasteiger partial charge in [0.1, 0.15) is 4.90 Å². The molecule has 0 saturated carbocycles. The van der Waals surface area contributed by atoms with Gasteiger partial charge >= 0.3 is 0 Å². The molecule has 18 heteroatoms. The number of nitrogens with zero attached hydrogens (tertiary/aromatic N) is 5. The second kappa shape index (κ2) is 8.37. The van der Waals surface area contributed by atoms with E-state index in [1.54, 1.807) is 4.90 Å². The average molecular weight is 510 g/mol. The van der Waals surface area contributed by atoms with E-state index >= 15 is 0 Å². The predicted octanol–water partition coefficient (Wildman–Crippen LogP) is -1.23. The first-order chi connectivity index (χ1) is 14.6. The van der Waals surface area contributed by atoms with E-state index in [1.165, 1.54) is 4.31 Å². The van der Waals surface area contributed by atoms with Crippen LogP contribution in [-0.4, -0.2) is 86.1 Å². The lowest BCUT2D eigenvalue weighted by atomic mass is 10.3. The lowest BCUT2D eigenvalue weighted by molar-refractivity contribution is 0.385. The number of benzene rings is 1. The fourth-order valence-electron chi connectivity index (χ4n) is 2.91. The first kappa shape index (κ1) is 24.0. The number of hydrogen-bond donors (Lipinski definition) is 4. The molecule has 0 spiro atoms.